The lowest BCUT2D eigenvalue weighted by Gasteiger charge is -2.39. The molecular formula is C43H48N12O2. The quantitative estimate of drug-likeness (QED) is 0.154. The van der Waals surface area contributed by atoms with Crippen LogP contribution in [0.25, 0.3) is 22.5 Å². The summed E-state index contributed by atoms with van der Waals surface area (Å²) in [5, 5.41) is 39.0. The summed E-state index contributed by atoms with van der Waals surface area (Å²) in [6.07, 6.45) is 15.7. The Morgan fingerprint density at radius 2 is 1.82 bits per heavy atom. The molecule has 1 aliphatic carbocycles. The number of carbonyl (C=O) groups is 2. The van der Waals surface area contributed by atoms with Gasteiger partial charge >= 0.3 is 0 Å². The normalized spacial score (nSPS) is 24.7. The highest BCUT2D eigenvalue weighted by Gasteiger charge is 2.40. The van der Waals surface area contributed by atoms with Gasteiger partial charge in [0.2, 0.25) is 11.8 Å². The molecule has 8 rings (SSSR count). The van der Waals surface area contributed by atoms with Gasteiger partial charge in [0.05, 0.1) is 47.0 Å². The van der Waals surface area contributed by atoms with Crippen molar-refractivity contribution in [2.45, 2.75) is 108 Å². The van der Waals surface area contributed by atoms with Crippen LogP contribution in [0.5, 0.6) is 0 Å². The van der Waals surface area contributed by atoms with Gasteiger partial charge in [0.1, 0.15) is 17.8 Å². The molecule has 0 spiro atoms. The Hall–Kier alpha value is -5.99. The zero-order chi connectivity index (χ0) is 39.7. The number of nitrogens with one attached hydrogen (secondary N) is 2. The fourth-order valence-corrected chi connectivity index (χ4v) is 9.00. The fourth-order valence-electron chi connectivity index (χ4n) is 9.00. The van der Waals surface area contributed by atoms with Crippen molar-refractivity contribution >= 4 is 28.5 Å². The van der Waals surface area contributed by atoms with Crippen LogP contribution in [0.1, 0.15) is 113 Å². The standard InChI is InChI=1S/C43H48N12O2/c1-27(21-44)49-36-20-39(55-41-34(24-48-55)19-30(22-45)23-47-41)46-25-38(36)54-26-37(51-52-54)32-6-4-29(5-7-32)13-16-53-17-14-33(18-28(53)2)31-8-10-35(11-9-31)43(3)15-12-40(56)50-42(43)57/h8-11,19-20,23-29,32-33H,4-7,12-18H2,1-3H3,(H,46,49)(H,50,56,57)/t27-,28-,29?,32?,33+,43-/m1/s1. The van der Waals surface area contributed by atoms with Gasteiger partial charge in [-0.05, 0) is 114 Å². The molecule has 1 aromatic carbocycles. The van der Waals surface area contributed by atoms with Gasteiger partial charge in [-0.1, -0.05) is 29.5 Å². The van der Waals surface area contributed by atoms with E-state index in [-0.39, 0.29) is 11.8 Å². The number of amides is 2. The summed E-state index contributed by atoms with van der Waals surface area (Å²) < 4.78 is 3.35. The van der Waals surface area contributed by atoms with Gasteiger partial charge in [0.25, 0.3) is 0 Å². The van der Waals surface area contributed by atoms with Crippen LogP contribution in [0.2, 0.25) is 0 Å². The monoisotopic (exact) mass is 764 g/mol. The van der Waals surface area contributed by atoms with Gasteiger partial charge < -0.3 is 10.2 Å². The SMILES string of the molecule is C[C@H](C#N)Nc1cc(-n2ncc3cc(C#N)cnc32)ncc1-n1cc(C2CCC(CCN3CC[C@H](c4ccc([C@@]5(C)CCC(=O)NC5=O)cc4)C[C@H]3C)CC2)nn1. The van der Waals surface area contributed by atoms with Crippen molar-refractivity contribution in [1.82, 2.24) is 45.0 Å². The molecule has 2 N–H and O–H groups in total. The van der Waals surface area contributed by atoms with Gasteiger partial charge in [-0.2, -0.15) is 20.3 Å². The fraction of sp³-hybridized carbons (Fsp3) is 0.465. The number of aromatic nitrogens is 7. The van der Waals surface area contributed by atoms with E-state index in [1.807, 2.05) is 19.2 Å². The van der Waals surface area contributed by atoms with Gasteiger partial charge in [0, 0.05) is 36.0 Å². The summed E-state index contributed by atoms with van der Waals surface area (Å²) in [4.78, 5) is 36.1. The summed E-state index contributed by atoms with van der Waals surface area (Å²) in [6, 6.07) is 16.5. The Kier molecular flexibility index (Phi) is 10.6. The first kappa shape index (κ1) is 37.9. The number of nitrogens with zero attached hydrogens (tertiary/aromatic N) is 10. The molecule has 2 aliphatic heterocycles. The third-order valence-electron chi connectivity index (χ3n) is 12.7. The van der Waals surface area contributed by atoms with E-state index in [9.17, 15) is 20.1 Å². The number of benzene rings is 1. The van der Waals surface area contributed by atoms with Gasteiger partial charge in [0.15, 0.2) is 11.5 Å². The van der Waals surface area contributed by atoms with Crippen LogP contribution in [0, 0.1) is 28.6 Å². The maximum Gasteiger partial charge on any atom is 0.236 e. The molecule has 2 saturated heterocycles. The number of carbonyl (C=O) groups excluding carboxylic acids is 2. The van der Waals surface area contributed by atoms with Crippen molar-refractivity contribution in [3.63, 3.8) is 0 Å². The van der Waals surface area contributed by atoms with Crippen LogP contribution in [0.15, 0.2) is 61.2 Å². The lowest BCUT2D eigenvalue weighted by molar-refractivity contribution is -0.137. The van der Waals surface area contributed by atoms with Crippen molar-refractivity contribution in [1.29, 1.82) is 10.5 Å². The molecule has 1 saturated carbocycles. The second kappa shape index (κ2) is 15.9. The lowest BCUT2D eigenvalue weighted by Crippen LogP contribution is -2.49. The first-order valence-corrected chi connectivity index (χ1v) is 20.1. The van der Waals surface area contributed by atoms with Gasteiger partial charge in [-0.25, -0.2) is 14.6 Å². The Morgan fingerprint density at radius 3 is 2.56 bits per heavy atom. The van der Waals surface area contributed by atoms with Crippen molar-refractivity contribution in [3.05, 3.63) is 83.6 Å². The number of imide groups is 1. The van der Waals surface area contributed by atoms with Crippen LogP contribution < -0.4 is 10.6 Å². The molecule has 4 atom stereocenters. The predicted octanol–water partition coefficient (Wildman–Crippen LogP) is 6.22. The molecule has 0 bridgehead atoms. The molecule has 57 heavy (non-hydrogen) atoms. The third-order valence-corrected chi connectivity index (χ3v) is 12.7. The minimum absolute atomic E-state index is 0.184. The van der Waals surface area contributed by atoms with E-state index in [1.165, 1.54) is 31.0 Å². The average molecular weight is 765 g/mol. The summed E-state index contributed by atoms with van der Waals surface area (Å²) in [5.41, 5.74) is 5.02. The average Bonchev–Trinajstić information content (AvgIpc) is 3.90. The second-order valence-corrected chi connectivity index (χ2v) is 16.4. The van der Waals surface area contributed by atoms with Crippen molar-refractivity contribution in [2.24, 2.45) is 5.92 Å². The lowest BCUT2D eigenvalue weighted by atomic mass is 9.75. The van der Waals surface area contributed by atoms with Crippen molar-refractivity contribution in [3.8, 4) is 23.6 Å². The van der Waals surface area contributed by atoms with Gasteiger partial charge in [-0.15, -0.1) is 5.10 Å². The Bertz CT molecular complexity index is 2360. The Labute approximate surface area is 332 Å². The molecule has 0 radical (unpaired) electrons. The number of pyridine rings is 2. The number of hydrogen-bond donors (Lipinski definition) is 2. The minimum Gasteiger partial charge on any atom is -0.368 e. The number of nitriles is 2. The molecule has 5 aromatic rings. The van der Waals surface area contributed by atoms with Crippen LogP contribution in [-0.2, 0) is 15.0 Å². The first-order chi connectivity index (χ1) is 27.6. The van der Waals surface area contributed by atoms with E-state index in [1.54, 1.807) is 34.7 Å². The maximum absolute atomic E-state index is 12.7. The zero-order valence-corrected chi connectivity index (χ0v) is 32.7. The number of likely N-dealkylation sites (tertiary alicyclic amines) is 1. The van der Waals surface area contributed by atoms with Crippen LogP contribution in [0.4, 0.5) is 5.69 Å². The molecule has 6 heterocycles. The molecule has 3 aliphatic rings. The number of fused-ring (bicyclic) bond motifs is 1. The van der Waals surface area contributed by atoms with E-state index >= 15 is 0 Å². The number of hydrogen-bond acceptors (Lipinski definition) is 11. The molecule has 0 unspecified atom stereocenters. The molecule has 3 fully saturated rings. The van der Waals surface area contributed by atoms with Crippen LogP contribution in [0.3, 0.4) is 0 Å². The highest BCUT2D eigenvalue weighted by Crippen LogP contribution is 2.39. The van der Waals surface area contributed by atoms with Crippen LogP contribution >= 0.6 is 0 Å². The summed E-state index contributed by atoms with van der Waals surface area (Å²) in [6.45, 7) is 8.30. The smallest absolute Gasteiger partial charge is 0.236 e. The van der Waals surface area contributed by atoms with Crippen LogP contribution in [-0.4, -0.2) is 76.6 Å². The van der Waals surface area contributed by atoms with E-state index in [4.69, 9.17) is 0 Å². The van der Waals surface area contributed by atoms with Crippen molar-refractivity contribution in [2.75, 3.05) is 18.4 Å². The molecule has 14 heteroatoms. The molecular weight excluding hydrogens is 717 g/mol. The molecule has 14 nitrogen and oxygen atoms in total. The van der Waals surface area contributed by atoms with E-state index in [0.717, 1.165) is 55.4 Å². The molecule has 2 amide bonds. The highest BCUT2D eigenvalue weighted by molar-refractivity contribution is 6.03. The Balaban J connectivity index is 0.850. The third kappa shape index (κ3) is 7.74. The Morgan fingerprint density at radius 1 is 1.02 bits per heavy atom. The predicted molar refractivity (Wildman–Crippen MR) is 213 cm³/mol. The summed E-state index contributed by atoms with van der Waals surface area (Å²) in [5.74, 6) is 1.68. The maximum atomic E-state index is 12.7. The number of piperidine rings is 2. The highest BCUT2D eigenvalue weighted by atomic mass is 16.2. The minimum atomic E-state index is -0.658. The molecule has 4 aromatic heterocycles. The largest absolute Gasteiger partial charge is 0.368 e. The number of rotatable bonds is 10. The van der Waals surface area contributed by atoms with Gasteiger partial charge in [-0.3, -0.25) is 14.9 Å². The number of anilines is 1. The summed E-state index contributed by atoms with van der Waals surface area (Å²) in [7, 11) is 0. The molecule has 292 valence electrons. The van der Waals surface area contributed by atoms with Crippen molar-refractivity contribution < 1.29 is 9.59 Å². The summed E-state index contributed by atoms with van der Waals surface area (Å²) >= 11 is 0. The van der Waals surface area contributed by atoms with E-state index < -0.39 is 11.5 Å². The van der Waals surface area contributed by atoms with E-state index in [2.05, 4.69) is 84.2 Å². The topological polar surface area (TPSA) is 183 Å². The zero-order valence-electron chi connectivity index (χ0n) is 32.7. The van der Waals surface area contributed by atoms with E-state index in [0.29, 0.717) is 65.0 Å². The first-order valence-electron chi connectivity index (χ1n) is 20.1. The second-order valence-electron chi connectivity index (χ2n) is 16.4.